The minimum Gasteiger partial charge on any atom is -0.465 e. The van der Waals surface area contributed by atoms with Crippen LogP contribution in [0, 0.1) is 11.3 Å². The molecule has 1 aliphatic rings. The van der Waals surface area contributed by atoms with Gasteiger partial charge in [0, 0.05) is 29.2 Å². The molecule has 0 N–H and O–H groups in total. The second kappa shape index (κ2) is 7.22. The van der Waals surface area contributed by atoms with E-state index >= 15 is 0 Å². The second-order valence-electron chi connectivity index (χ2n) is 5.17. The van der Waals surface area contributed by atoms with Crippen LogP contribution in [0.2, 0.25) is 5.02 Å². The fourth-order valence-electron chi connectivity index (χ4n) is 2.67. The van der Waals surface area contributed by atoms with Gasteiger partial charge >= 0.3 is 5.97 Å². The van der Waals surface area contributed by atoms with E-state index < -0.39 is 5.97 Å². The lowest BCUT2D eigenvalue weighted by molar-refractivity contribution is 0.0607. The number of benzene rings is 1. The molecule has 0 unspecified atom stereocenters. The van der Waals surface area contributed by atoms with Crippen LogP contribution in [0.25, 0.3) is 11.1 Å². The Hall–Kier alpha value is -2.07. The molecule has 0 aliphatic carbocycles. The number of nitriles is 1. The van der Waals surface area contributed by atoms with E-state index in [4.69, 9.17) is 21.1 Å². The summed E-state index contributed by atoms with van der Waals surface area (Å²) in [5.74, 6) is -0.467. The van der Waals surface area contributed by atoms with Gasteiger partial charge in [0.05, 0.1) is 25.9 Å². The van der Waals surface area contributed by atoms with Crippen molar-refractivity contribution in [1.29, 1.82) is 5.26 Å². The summed E-state index contributed by atoms with van der Waals surface area (Å²) in [6.45, 7) is 2.55. The van der Waals surface area contributed by atoms with Crippen molar-refractivity contribution >= 4 is 33.9 Å². The lowest BCUT2D eigenvalue weighted by Crippen LogP contribution is -2.36. The van der Waals surface area contributed by atoms with Crippen molar-refractivity contribution in [2.24, 2.45) is 0 Å². The number of ether oxygens (including phenoxy) is 2. The van der Waals surface area contributed by atoms with Gasteiger partial charge in [-0.05, 0) is 6.07 Å². The van der Waals surface area contributed by atoms with Gasteiger partial charge in [-0.3, -0.25) is 0 Å². The Morgan fingerprint density at radius 2 is 2.08 bits per heavy atom. The highest BCUT2D eigenvalue weighted by Crippen LogP contribution is 2.44. The first-order valence-electron chi connectivity index (χ1n) is 7.40. The van der Waals surface area contributed by atoms with Crippen LogP contribution in [0.3, 0.4) is 0 Å². The van der Waals surface area contributed by atoms with Crippen molar-refractivity contribution in [3.63, 3.8) is 0 Å². The SMILES string of the molecule is COC(=O)c1sc(N2CCOCC2)c(C#N)c1-c1ccccc1Cl. The molecule has 1 aromatic carbocycles. The molecular formula is C17H15ClN2O3S. The topological polar surface area (TPSA) is 62.6 Å². The maximum Gasteiger partial charge on any atom is 0.348 e. The van der Waals surface area contributed by atoms with Gasteiger partial charge in [0.1, 0.15) is 15.9 Å². The number of methoxy groups -OCH3 is 1. The summed E-state index contributed by atoms with van der Waals surface area (Å²) in [6.07, 6.45) is 0. The van der Waals surface area contributed by atoms with E-state index in [9.17, 15) is 10.1 Å². The molecule has 0 amide bonds. The molecule has 3 rings (SSSR count). The number of rotatable bonds is 3. The van der Waals surface area contributed by atoms with Gasteiger partial charge in [-0.25, -0.2) is 4.79 Å². The molecule has 1 fully saturated rings. The first-order valence-corrected chi connectivity index (χ1v) is 8.59. The number of anilines is 1. The molecule has 124 valence electrons. The average molecular weight is 363 g/mol. The summed E-state index contributed by atoms with van der Waals surface area (Å²) in [5.41, 5.74) is 1.66. The Balaban J connectivity index is 2.22. The van der Waals surface area contributed by atoms with Gasteiger partial charge in [-0.1, -0.05) is 29.8 Å². The molecule has 24 heavy (non-hydrogen) atoms. The van der Waals surface area contributed by atoms with E-state index in [1.807, 2.05) is 12.1 Å². The molecule has 0 saturated carbocycles. The fourth-order valence-corrected chi connectivity index (χ4v) is 4.14. The Morgan fingerprint density at radius 1 is 1.38 bits per heavy atom. The number of esters is 1. The lowest BCUT2D eigenvalue weighted by atomic mass is 10.0. The third-order valence-corrected chi connectivity index (χ3v) is 5.37. The van der Waals surface area contributed by atoms with Crippen molar-refractivity contribution in [1.82, 2.24) is 0 Å². The summed E-state index contributed by atoms with van der Waals surface area (Å²) in [4.78, 5) is 14.7. The average Bonchev–Trinajstić information content (AvgIpc) is 3.01. The predicted octanol–water partition coefficient (Wildman–Crippen LogP) is 3.56. The number of nitrogens with zero attached hydrogens (tertiary/aromatic N) is 2. The zero-order chi connectivity index (χ0) is 17.1. The first-order chi connectivity index (χ1) is 11.7. The first kappa shape index (κ1) is 16.8. The van der Waals surface area contributed by atoms with E-state index in [2.05, 4.69) is 11.0 Å². The van der Waals surface area contributed by atoms with Gasteiger partial charge in [-0.2, -0.15) is 5.26 Å². The Morgan fingerprint density at radius 3 is 2.71 bits per heavy atom. The largest absolute Gasteiger partial charge is 0.465 e. The van der Waals surface area contributed by atoms with Crippen molar-refractivity contribution in [2.45, 2.75) is 0 Å². The molecule has 7 heteroatoms. The lowest BCUT2D eigenvalue weighted by Gasteiger charge is -2.27. The Kier molecular flexibility index (Phi) is 5.05. The highest BCUT2D eigenvalue weighted by atomic mass is 35.5. The molecule has 0 spiro atoms. The van der Waals surface area contributed by atoms with Crippen molar-refractivity contribution in [3.8, 4) is 17.2 Å². The summed E-state index contributed by atoms with van der Waals surface area (Å²) in [7, 11) is 1.33. The summed E-state index contributed by atoms with van der Waals surface area (Å²) in [6, 6.07) is 9.43. The number of hydrogen-bond donors (Lipinski definition) is 0. The number of halogens is 1. The van der Waals surface area contributed by atoms with E-state index in [1.165, 1.54) is 18.4 Å². The van der Waals surface area contributed by atoms with Gasteiger partial charge in [0.15, 0.2) is 0 Å². The molecule has 0 bridgehead atoms. The minimum absolute atomic E-state index is 0.392. The number of carbonyl (C=O) groups is 1. The highest BCUT2D eigenvalue weighted by Gasteiger charge is 2.29. The van der Waals surface area contributed by atoms with E-state index in [0.29, 0.717) is 52.9 Å². The van der Waals surface area contributed by atoms with Crippen LogP contribution >= 0.6 is 22.9 Å². The quantitative estimate of drug-likeness (QED) is 0.781. The monoisotopic (exact) mass is 362 g/mol. The Labute approximate surface area is 149 Å². The van der Waals surface area contributed by atoms with Crippen LogP contribution in [0.15, 0.2) is 24.3 Å². The fraction of sp³-hybridized carbons (Fsp3) is 0.294. The van der Waals surface area contributed by atoms with Crippen molar-refractivity contribution in [2.75, 3.05) is 38.3 Å². The molecule has 0 atom stereocenters. The molecule has 5 nitrogen and oxygen atoms in total. The molecular weight excluding hydrogens is 348 g/mol. The van der Waals surface area contributed by atoms with E-state index in [0.717, 1.165) is 5.00 Å². The van der Waals surface area contributed by atoms with Crippen LogP contribution in [0.1, 0.15) is 15.2 Å². The van der Waals surface area contributed by atoms with Gasteiger partial charge in [0.2, 0.25) is 0 Å². The molecule has 1 aromatic heterocycles. The molecule has 1 saturated heterocycles. The molecule has 2 heterocycles. The molecule has 1 aliphatic heterocycles. The number of hydrogen-bond acceptors (Lipinski definition) is 6. The predicted molar refractivity (Wildman–Crippen MR) is 93.9 cm³/mol. The van der Waals surface area contributed by atoms with Gasteiger partial charge in [-0.15, -0.1) is 11.3 Å². The van der Waals surface area contributed by atoms with E-state index in [-0.39, 0.29) is 0 Å². The van der Waals surface area contributed by atoms with Crippen LogP contribution in [-0.2, 0) is 9.47 Å². The number of morpholine rings is 1. The smallest absolute Gasteiger partial charge is 0.348 e. The normalized spacial score (nSPS) is 14.3. The summed E-state index contributed by atoms with van der Waals surface area (Å²) < 4.78 is 10.3. The minimum atomic E-state index is -0.467. The van der Waals surface area contributed by atoms with Crippen molar-refractivity contribution < 1.29 is 14.3 Å². The highest BCUT2D eigenvalue weighted by molar-refractivity contribution is 7.18. The number of thiophene rings is 1. The third kappa shape index (κ3) is 2.98. The van der Waals surface area contributed by atoms with Crippen molar-refractivity contribution in [3.05, 3.63) is 39.7 Å². The van der Waals surface area contributed by atoms with Gasteiger partial charge in [0.25, 0.3) is 0 Å². The van der Waals surface area contributed by atoms with Crippen LogP contribution < -0.4 is 4.90 Å². The summed E-state index contributed by atoms with van der Waals surface area (Å²) >= 11 is 7.58. The third-order valence-electron chi connectivity index (χ3n) is 3.81. The van der Waals surface area contributed by atoms with Crippen LogP contribution in [-0.4, -0.2) is 39.4 Å². The second-order valence-corrected chi connectivity index (χ2v) is 6.58. The van der Waals surface area contributed by atoms with Crippen LogP contribution in [0.5, 0.6) is 0 Å². The van der Waals surface area contributed by atoms with Crippen LogP contribution in [0.4, 0.5) is 5.00 Å². The molecule has 0 radical (unpaired) electrons. The maximum atomic E-state index is 12.3. The molecule has 2 aromatic rings. The Bertz CT molecular complexity index is 807. The zero-order valence-electron chi connectivity index (χ0n) is 13.0. The standard InChI is InChI=1S/C17H15ClN2O3S/c1-22-17(21)15-14(11-4-2-3-5-13(11)18)12(10-19)16(24-15)20-6-8-23-9-7-20/h2-5H,6-9H2,1H3. The summed E-state index contributed by atoms with van der Waals surface area (Å²) in [5, 5.41) is 11.0. The van der Waals surface area contributed by atoms with E-state index in [1.54, 1.807) is 12.1 Å². The van der Waals surface area contributed by atoms with Gasteiger partial charge < -0.3 is 14.4 Å². The zero-order valence-corrected chi connectivity index (χ0v) is 14.6. The number of carbonyl (C=O) groups excluding carboxylic acids is 1. The maximum absolute atomic E-state index is 12.3.